The van der Waals surface area contributed by atoms with Crippen LogP contribution in [-0.2, 0) is 4.79 Å². The lowest BCUT2D eigenvalue weighted by molar-refractivity contribution is -0.116. The van der Waals surface area contributed by atoms with Crippen LogP contribution in [0.3, 0.4) is 0 Å². The molecule has 0 aliphatic rings. The number of carbonyl (C=O) groups excluding carboxylic acids is 1. The topological polar surface area (TPSA) is 59.0 Å². The minimum absolute atomic E-state index is 0.0221. The van der Waals surface area contributed by atoms with Gasteiger partial charge in [-0.05, 0) is 34.7 Å². The fourth-order valence-corrected chi connectivity index (χ4v) is 1.79. The number of hydrogen-bond acceptors (Lipinski definition) is 3. The number of nitrogens with zero attached hydrogens (tertiary/aromatic N) is 2. The van der Waals surface area contributed by atoms with E-state index in [4.69, 9.17) is 0 Å². The minimum atomic E-state index is 0.0221. The van der Waals surface area contributed by atoms with Gasteiger partial charge in [0, 0.05) is 19.0 Å². The molecule has 5 nitrogen and oxygen atoms in total. The first-order valence-corrected chi connectivity index (χ1v) is 5.97. The first-order chi connectivity index (χ1) is 7.97. The summed E-state index contributed by atoms with van der Waals surface area (Å²) in [6.45, 7) is 8.73. The number of amides is 1. The van der Waals surface area contributed by atoms with E-state index in [0.29, 0.717) is 19.0 Å². The van der Waals surface area contributed by atoms with Gasteiger partial charge in [0.1, 0.15) is 0 Å². The van der Waals surface area contributed by atoms with Gasteiger partial charge in [-0.3, -0.25) is 9.48 Å². The second-order valence-corrected chi connectivity index (χ2v) is 4.49. The van der Waals surface area contributed by atoms with Gasteiger partial charge < -0.3 is 10.6 Å². The number of rotatable bonds is 5. The van der Waals surface area contributed by atoms with Gasteiger partial charge >= 0.3 is 0 Å². The summed E-state index contributed by atoms with van der Waals surface area (Å²) >= 11 is 0. The van der Waals surface area contributed by atoms with Crippen molar-refractivity contribution in [1.29, 1.82) is 0 Å². The molecule has 0 atom stereocenters. The monoisotopic (exact) mass is 238 g/mol. The third-order valence-corrected chi connectivity index (χ3v) is 2.68. The van der Waals surface area contributed by atoms with E-state index in [1.54, 1.807) is 0 Å². The molecule has 17 heavy (non-hydrogen) atoms. The number of carbonyl (C=O) groups is 1. The van der Waals surface area contributed by atoms with Gasteiger partial charge in [0.15, 0.2) is 0 Å². The van der Waals surface area contributed by atoms with Crippen LogP contribution in [-0.4, -0.2) is 29.3 Å². The highest BCUT2D eigenvalue weighted by Crippen LogP contribution is 2.22. The fraction of sp³-hybridized carbons (Fsp3) is 0.667. The Labute approximate surface area is 103 Å². The third-order valence-electron chi connectivity index (χ3n) is 2.68. The molecule has 0 saturated heterocycles. The molecule has 2 N–H and O–H groups in total. The molecule has 0 fully saturated rings. The van der Waals surface area contributed by atoms with Crippen molar-refractivity contribution in [2.75, 3.05) is 18.9 Å². The average Bonchev–Trinajstić information content (AvgIpc) is 2.54. The Morgan fingerprint density at radius 1 is 1.41 bits per heavy atom. The van der Waals surface area contributed by atoms with E-state index < -0.39 is 0 Å². The molecule has 0 spiro atoms. The highest BCUT2D eigenvalue weighted by atomic mass is 16.1. The second-order valence-electron chi connectivity index (χ2n) is 4.49. The smallest absolute Gasteiger partial charge is 0.225 e. The lowest BCUT2D eigenvalue weighted by Crippen LogP contribution is -2.19. The van der Waals surface area contributed by atoms with Crippen LogP contribution in [0.1, 0.15) is 37.7 Å². The summed E-state index contributed by atoms with van der Waals surface area (Å²) < 4.78 is 1.93. The maximum absolute atomic E-state index is 11.7. The summed E-state index contributed by atoms with van der Waals surface area (Å²) in [6, 6.07) is 0.302. The predicted octanol–water partition coefficient (Wildman–Crippen LogP) is 1.63. The van der Waals surface area contributed by atoms with Crippen molar-refractivity contribution in [3.63, 3.8) is 0 Å². The standard InChI is InChI=1S/C12H22N4O/c1-8(2)16-10(4)12(9(3)15-16)14-11(17)6-7-13-5/h8,13H,6-7H2,1-5H3,(H,14,17). The van der Waals surface area contributed by atoms with Crippen molar-refractivity contribution < 1.29 is 4.79 Å². The Hall–Kier alpha value is -1.36. The maximum Gasteiger partial charge on any atom is 0.225 e. The minimum Gasteiger partial charge on any atom is -0.323 e. The number of aromatic nitrogens is 2. The molecule has 0 aliphatic carbocycles. The van der Waals surface area contributed by atoms with Gasteiger partial charge in [-0.2, -0.15) is 5.10 Å². The quantitative estimate of drug-likeness (QED) is 0.819. The first kappa shape index (κ1) is 13.7. The highest BCUT2D eigenvalue weighted by molar-refractivity contribution is 5.92. The summed E-state index contributed by atoms with van der Waals surface area (Å²) in [5.41, 5.74) is 2.73. The molecule has 0 saturated carbocycles. The Balaban J connectivity index is 2.81. The molecule has 96 valence electrons. The van der Waals surface area contributed by atoms with Crippen LogP contribution in [0.4, 0.5) is 5.69 Å². The predicted molar refractivity (Wildman–Crippen MR) is 69.3 cm³/mol. The summed E-state index contributed by atoms with van der Waals surface area (Å²) in [7, 11) is 1.83. The second kappa shape index (κ2) is 5.82. The van der Waals surface area contributed by atoms with Crippen molar-refractivity contribution in [3.05, 3.63) is 11.4 Å². The highest BCUT2D eigenvalue weighted by Gasteiger charge is 2.15. The van der Waals surface area contributed by atoms with Gasteiger partial charge in [-0.15, -0.1) is 0 Å². The molecule has 0 aliphatic heterocycles. The molecule has 5 heteroatoms. The molecule has 1 aromatic rings. The average molecular weight is 238 g/mol. The summed E-state index contributed by atoms with van der Waals surface area (Å²) in [5, 5.41) is 10.3. The molecule has 0 radical (unpaired) electrons. The zero-order valence-corrected chi connectivity index (χ0v) is 11.3. The Morgan fingerprint density at radius 3 is 2.53 bits per heavy atom. The molecule has 0 unspecified atom stereocenters. The van der Waals surface area contributed by atoms with Crippen LogP contribution in [0.25, 0.3) is 0 Å². The van der Waals surface area contributed by atoms with E-state index in [1.807, 2.05) is 25.6 Å². The van der Waals surface area contributed by atoms with E-state index in [1.165, 1.54) is 0 Å². The van der Waals surface area contributed by atoms with E-state index >= 15 is 0 Å². The molecule has 0 aromatic carbocycles. The van der Waals surface area contributed by atoms with E-state index in [0.717, 1.165) is 17.1 Å². The van der Waals surface area contributed by atoms with Crippen molar-refractivity contribution in [3.8, 4) is 0 Å². The molecule has 1 amide bonds. The van der Waals surface area contributed by atoms with Crippen LogP contribution in [0, 0.1) is 13.8 Å². The lowest BCUT2D eigenvalue weighted by Gasteiger charge is -2.09. The zero-order chi connectivity index (χ0) is 13.0. The van der Waals surface area contributed by atoms with Crippen molar-refractivity contribution in [2.45, 2.75) is 40.2 Å². The van der Waals surface area contributed by atoms with Crippen LogP contribution in [0.15, 0.2) is 0 Å². The van der Waals surface area contributed by atoms with E-state index in [-0.39, 0.29) is 5.91 Å². The molecule has 0 bridgehead atoms. The third kappa shape index (κ3) is 3.30. The SMILES string of the molecule is CNCCC(=O)Nc1c(C)nn(C(C)C)c1C. The largest absolute Gasteiger partial charge is 0.323 e. The fourth-order valence-electron chi connectivity index (χ4n) is 1.79. The van der Waals surface area contributed by atoms with E-state index in [9.17, 15) is 4.79 Å². The zero-order valence-electron chi connectivity index (χ0n) is 11.3. The first-order valence-electron chi connectivity index (χ1n) is 5.97. The Bertz CT molecular complexity index is 395. The number of anilines is 1. The molecular weight excluding hydrogens is 216 g/mol. The van der Waals surface area contributed by atoms with E-state index in [2.05, 4.69) is 29.6 Å². The summed E-state index contributed by atoms with van der Waals surface area (Å²) in [5.74, 6) is 0.0221. The van der Waals surface area contributed by atoms with Crippen LogP contribution in [0.5, 0.6) is 0 Å². The molecular formula is C12H22N4O. The number of aryl methyl sites for hydroxylation is 1. The maximum atomic E-state index is 11.7. The van der Waals surface area contributed by atoms with Gasteiger partial charge in [-0.1, -0.05) is 0 Å². The summed E-state index contributed by atoms with van der Waals surface area (Å²) in [6.07, 6.45) is 0.474. The Kier molecular flexibility index (Phi) is 4.69. The van der Waals surface area contributed by atoms with Crippen LogP contribution in [0.2, 0.25) is 0 Å². The Morgan fingerprint density at radius 2 is 2.06 bits per heavy atom. The lowest BCUT2D eigenvalue weighted by atomic mass is 10.3. The molecule has 1 rings (SSSR count). The van der Waals surface area contributed by atoms with Crippen LogP contribution < -0.4 is 10.6 Å². The number of hydrogen-bond donors (Lipinski definition) is 2. The summed E-state index contributed by atoms with van der Waals surface area (Å²) in [4.78, 5) is 11.7. The molecule has 1 aromatic heterocycles. The van der Waals surface area contributed by atoms with Gasteiger partial charge in [0.25, 0.3) is 0 Å². The molecule has 1 heterocycles. The van der Waals surface area contributed by atoms with Crippen molar-refractivity contribution in [1.82, 2.24) is 15.1 Å². The van der Waals surface area contributed by atoms with Gasteiger partial charge in [0.2, 0.25) is 5.91 Å². The number of nitrogens with one attached hydrogen (secondary N) is 2. The van der Waals surface area contributed by atoms with Gasteiger partial charge in [-0.25, -0.2) is 0 Å². The normalized spacial score (nSPS) is 10.9. The van der Waals surface area contributed by atoms with Crippen molar-refractivity contribution >= 4 is 11.6 Å². The van der Waals surface area contributed by atoms with Crippen LogP contribution >= 0.6 is 0 Å². The van der Waals surface area contributed by atoms with Crippen molar-refractivity contribution in [2.24, 2.45) is 0 Å². The van der Waals surface area contributed by atoms with Gasteiger partial charge in [0.05, 0.1) is 17.1 Å².